The van der Waals surface area contributed by atoms with Crippen LogP contribution in [0.1, 0.15) is 35.3 Å². The van der Waals surface area contributed by atoms with Crippen molar-refractivity contribution in [1.82, 2.24) is 9.88 Å². The monoisotopic (exact) mass is 415 g/mol. The average Bonchev–Trinajstić information content (AvgIpc) is 3.17. The van der Waals surface area contributed by atoms with Crippen molar-refractivity contribution in [2.75, 3.05) is 26.2 Å². The van der Waals surface area contributed by atoms with Crippen molar-refractivity contribution in [2.24, 2.45) is 5.73 Å². The lowest BCUT2D eigenvalue weighted by Gasteiger charge is -2.32. The number of pyridine rings is 1. The summed E-state index contributed by atoms with van der Waals surface area (Å²) in [6.45, 7) is 4.64. The van der Waals surface area contributed by atoms with Gasteiger partial charge in [0, 0.05) is 19.7 Å². The van der Waals surface area contributed by atoms with Gasteiger partial charge in [0.15, 0.2) is 5.76 Å². The molecule has 0 radical (unpaired) electrons. The fraction of sp³-hybridized carbons (Fsp3) is 0.474. The van der Waals surface area contributed by atoms with Gasteiger partial charge in [-0.1, -0.05) is 0 Å². The van der Waals surface area contributed by atoms with Gasteiger partial charge in [-0.3, -0.25) is 4.79 Å². The largest absolute Gasteiger partial charge is 0.463 e. The van der Waals surface area contributed by atoms with Gasteiger partial charge in [-0.05, 0) is 57.0 Å². The van der Waals surface area contributed by atoms with Crippen molar-refractivity contribution in [1.29, 1.82) is 0 Å². The summed E-state index contributed by atoms with van der Waals surface area (Å²) in [5, 5.41) is 0. The minimum absolute atomic E-state index is 0. The number of amides is 1. The van der Waals surface area contributed by atoms with E-state index in [2.05, 4.69) is 4.98 Å². The molecular formula is C19H27Cl2N3O3. The van der Waals surface area contributed by atoms with Crippen molar-refractivity contribution in [3.63, 3.8) is 0 Å². The number of halogens is 2. The molecule has 1 aliphatic heterocycles. The lowest BCUT2D eigenvalue weighted by molar-refractivity contribution is 0.00842. The highest BCUT2D eigenvalue weighted by Crippen LogP contribution is 2.22. The van der Waals surface area contributed by atoms with Crippen LogP contribution in [0.15, 0.2) is 34.9 Å². The second-order valence-electron chi connectivity index (χ2n) is 6.31. The summed E-state index contributed by atoms with van der Waals surface area (Å²) in [5.74, 6) is 0.744. The molecule has 0 bridgehead atoms. The maximum absolute atomic E-state index is 12.8. The Kier molecular flexibility index (Phi) is 9.80. The Morgan fingerprint density at radius 2 is 2.04 bits per heavy atom. The van der Waals surface area contributed by atoms with Crippen LogP contribution in [0.3, 0.4) is 0 Å². The number of ether oxygens (including phenoxy) is 1. The second kappa shape index (κ2) is 11.3. The predicted molar refractivity (Wildman–Crippen MR) is 110 cm³/mol. The van der Waals surface area contributed by atoms with Gasteiger partial charge >= 0.3 is 0 Å². The number of aryl methyl sites for hydroxylation is 1. The van der Waals surface area contributed by atoms with Crippen LogP contribution in [-0.2, 0) is 4.74 Å². The summed E-state index contributed by atoms with van der Waals surface area (Å²) in [6, 6.07) is 7.36. The number of furan rings is 1. The number of carbonyl (C=O) groups is 1. The fourth-order valence-corrected chi connectivity index (χ4v) is 3.08. The summed E-state index contributed by atoms with van der Waals surface area (Å²) in [5.41, 5.74) is 7.60. The first-order chi connectivity index (χ1) is 12.2. The van der Waals surface area contributed by atoms with Gasteiger partial charge in [-0.15, -0.1) is 24.8 Å². The molecule has 1 amide bonds. The van der Waals surface area contributed by atoms with Crippen LogP contribution in [0.4, 0.5) is 0 Å². The SMILES string of the molecule is Cc1nc(-c2ccco2)ccc1C(=O)N1CCC(OCCCN)CC1.Cl.Cl. The third-order valence-corrected chi connectivity index (χ3v) is 4.52. The maximum Gasteiger partial charge on any atom is 0.255 e. The molecule has 8 heteroatoms. The molecule has 0 spiro atoms. The highest BCUT2D eigenvalue weighted by Gasteiger charge is 2.25. The van der Waals surface area contributed by atoms with Gasteiger partial charge < -0.3 is 19.8 Å². The molecule has 150 valence electrons. The Balaban J connectivity index is 0.00000182. The van der Waals surface area contributed by atoms with Gasteiger partial charge in [0.05, 0.1) is 23.6 Å². The number of carbonyl (C=O) groups excluding carboxylic acids is 1. The number of rotatable bonds is 6. The van der Waals surface area contributed by atoms with Crippen LogP contribution in [0.2, 0.25) is 0 Å². The van der Waals surface area contributed by atoms with E-state index in [-0.39, 0.29) is 36.8 Å². The summed E-state index contributed by atoms with van der Waals surface area (Å²) in [4.78, 5) is 19.2. The van der Waals surface area contributed by atoms with Gasteiger partial charge in [0.1, 0.15) is 5.69 Å². The Labute approximate surface area is 172 Å². The number of nitrogens with zero attached hydrogens (tertiary/aromatic N) is 2. The fourth-order valence-electron chi connectivity index (χ4n) is 3.08. The molecule has 6 nitrogen and oxygen atoms in total. The molecule has 0 atom stereocenters. The first-order valence-corrected chi connectivity index (χ1v) is 8.81. The quantitative estimate of drug-likeness (QED) is 0.730. The van der Waals surface area contributed by atoms with E-state index in [0.29, 0.717) is 37.6 Å². The van der Waals surface area contributed by atoms with E-state index in [1.807, 2.05) is 36.1 Å². The van der Waals surface area contributed by atoms with Crippen molar-refractivity contribution < 1.29 is 13.9 Å². The molecule has 0 unspecified atom stereocenters. The summed E-state index contributed by atoms with van der Waals surface area (Å²) in [7, 11) is 0. The van der Waals surface area contributed by atoms with Crippen LogP contribution in [0.25, 0.3) is 11.5 Å². The number of likely N-dealkylation sites (tertiary alicyclic amines) is 1. The Hall–Kier alpha value is -1.60. The van der Waals surface area contributed by atoms with E-state index >= 15 is 0 Å². The van der Waals surface area contributed by atoms with E-state index in [1.54, 1.807) is 6.26 Å². The molecule has 3 heterocycles. The standard InChI is InChI=1S/C19H25N3O3.2ClH/c1-14-16(5-6-17(21-14)18-4-2-12-25-18)19(23)22-10-7-15(8-11-22)24-13-3-9-20;;/h2,4-6,12,15H,3,7-11,13,20H2,1H3;2*1H. The summed E-state index contributed by atoms with van der Waals surface area (Å²) < 4.78 is 11.2. The predicted octanol–water partition coefficient (Wildman–Crippen LogP) is 3.46. The molecule has 1 fully saturated rings. The van der Waals surface area contributed by atoms with Crippen LogP contribution in [0.5, 0.6) is 0 Å². The zero-order chi connectivity index (χ0) is 17.6. The number of nitrogens with two attached hydrogens (primary N) is 1. The van der Waals surface area contributed by atoms with Gasteiger partial charge in [-0.2, -0.15) is 0 Å². The maximum atomic E-state index is 12.8. The highest BCUT2D eigenvalue weighted by atomic mass is 35.5. The molecule has 1 saturated heterocycles. The minimum Gasteiger partial charge on any atom is -0.463 e. The second-order valence-corrected chi connectivity index (χ2v) is 6.31. The van der Waals surface area contributed by atoms with Crippen molar-refractivity contribution in [3.05, 3.63) is 41.8 Å². The first kappa shape index (κ1) is 23.4. The van der Waals surface area contributed by atoms with Gasteiger partial charge in [-0.25, -0.2) is 4.98 Å². The smallest absolute Gasteiger partial charge is 0.255 e. The topological polar surface area (TPSA) is 81.6 Å². The van der Waals surface area contributed by atoms with E-state index in [1.165, 1.54) is 0 Å². The van der Waals surface area contributed by atoms with Crippen LogP contribution < -0.4 is 5.73 Å². The normalized spacial score (nSPS) is 14.4. The number of hydrogen-bond acceptors (Lipinski definition) is 5. The Bertz CT molecular complexity index is 702. The lowest BCUT2D eigenvalue weighted by atomic mass is 10.1. The number of hydrogen-bond donors (Lipinski definition) is 1. The summed E-state index contributed by atoms with van der Waals surface area (Å²) in [6.07, 6.45) is 4.47. The molecule has 0 aliphatic carbocycles. The van der Waals surface area contributed by atoms with Crippen molar-refractivity contribution >= 4 is 30.7 Å². The Morgan fingerprint density at radius 3 is 2.63 bits per heavy atom. The van der Waals surface area contributed by atoms with E-state index < -0.39 is 0 Å². The molecule has 27 heavy (non-hydrogen) atoms. The molecule has 0 saturated carbocycles. The molecule has 2 N–H and O–H groups in total. The molecule has 2 aromatic heterocycles. The van der Waals surface area contributed by atoms with Crippen LogP contribution >= 0.6 is 24.8 Å². The van der Waals surface area contributed by atoms with Crippen molar-refractivity contribution in [2.45, 2.75) is 32.3 Å². The first-order valence-electron chi connectivity index (χ1n) is 8.81. The highest BCUT2D eigenvalue weighted by molar-refractivity contribution is 5.95. The minimum atomic E-state index is 0. The third-order valence-electron chi connectivity index (χ3n) is 4.52. The molecule has 1 aliphatic rings. The average molecular weight is 416 g/mol. The molecule has 0 aromatic carbocycles. The van der Waals surface area contributed by atoms with E-state index in [4.69, 9.17) is 14.9 Å². The van der Waals surface area contributed by atoms with E-state index in [9.17, 15) is 4.79 Å². The third kappa shape index (κ3) is 5.94. The summed E-state index contributed by atoms with van der Waals surface area (Å²) >= 11 is 0. The van der Waals surface area contributed by atoms with Crippen LogP contribution in [0, 0.1) is 6.92 Å². The number of piperidine rings is 1. The lowest BCUT2D eigenvalue weighted by Crippen LogP contribution is -2.41. The molecule has 2 aromatic rings. The molecule has 3 rings (SSSR count). The molecular weight excluding hydrogens is 389 g/mol. The van der Waals surface area contributed by atoms with Gasteiger partial charge in [0.2, 0.25) is 0 Å². The Morgan fingerprint density at radius 1 is 1.30 bits per heavy atom. The van der Waals surface area contributed by atoms with E-state index in [0.717, 1.165) is 30.7 Å². The van der Waals surface area contributed by atoms with Gasteiger partial charge in [0.25, 0.3) is 5.91 Å². The van der Waals surface area contributed by atoms with Crippen LogP contribution in [-0.4, -0.2) is 48.1 Å². The van der Waals surface area contributed by atoms with Crippen molar-refractivity contribution in [3.8, 4) is 11.5 Å². The number of aromatic nitrogens is 1. The zero-order valence-electron chi connectivity index (χ0n) is 15.4. The zero-order valence-corrected chi connectivity index (χ0v) is 17.1.